The smallest absolute Gasteiger partial charge is 0.0963 e. The first-order valence-corrected chi connectivity index (χ1v) is 19.4. The number of nitrogens with zero attached hydrogens (tertiary/aromatic N) is 5. The Morgan fingerprint density at radius 3 is 1.81 bits per heavy atom. The lowest BCUT2D eigenvalue weighted by Crippen LogP contribution is -1.99. The molecule has 0 amide bonds. The fourth-order valence-corrected chi connectivity index (χ4v) is 9.19. The molecule has 12 rings (SSSR count). The first-order chi connectivity index (χ1) is 28.3. The predicted octanol–water partition coefficient (Wildman–Crippen LogP) is 12.6. The Labute approximate surface area is 328 Å². The molecule has 0 aliphatic heterocycles. The van der Waals surface area contributed by atoms with E-state index >= 15 is 0 Å². The fraction of sp³-hybridized carbons (Fsp3) is 0.0192. The Hall–Kier alpha value is -7.63. The number of fused-ring (bicyclic) bond motifs is 9. The molecule has 5 nitrogen and oxygen atoms in total. The van der Waals surface area contributed by atoms with E-state index in [1.165, 1.54) is 39.1 Å². The van der Waals surface area contributed by atoms with Gasteiger partial charge in [-0.1, -0.05) is 84.9 Å². The van der Waals surface area contributed by atoms with E-state index in [1.54, 1.807) is 0 Å². The van der Waals surface area contributed by atoms with Crippen LogP contribution in [0, 0.1) is 0 Å². The van der Waals surface area contributed by atoms with Crippen LogP contribution in [0.25, 0.3) is 99.9 Å². The van der Waals surface area contributed by atoms with E-state index in [4.69, 9.17) is 9.97 Å². The van der Waals surface area contributed by atoms with E-state index in [0.29, 0.717) is 0 Å². The lowest BCUT2D eigenvalue weighted by molar-refractivity contribution is 1.12. The summed E-state index contributed by atoms with van der Waals surface area (Å²) in [5.41, 5.74) is 20.9. The molecule has 0 saturated carbocycles. The van der Waals surface area contributed by atoms with Crippen LogP contribution < -0.4 is 0 Å². The van der Waals surface area contributed by atoms with Gasteiger partial charge < -0.3 is 9.13 Å². The molecule has 5 heterocycles. The van der Waals surface area contributed by atoms with Crippen molar-refractivity contribution in [1.29, 1.82) is 0 Å². The van der Waals surface area contributed by atoms with E-state index in [0.717, 1.165) is 78.4 Å². The molecule has 0 unspecified atom stereocenters. The fourth-order valence-electron chi connectivity index (χ4n) is 9.19. The summed E-state index contributed by atoms with van der Waals surface area (Å²) < 4.78 is 4.73. The zero-order valence-corrected chi connectivity index (χ0v) is 30.8. The average molecular weight is 728 g/mol. The molecule has 0 saturated heterocycles. The third-order valence-electron chi connectivity index (χ3n) is 11.7. The monoisotopic (exact) mass is 727 g/mol. The predicted molar refractivity (Wildman–Crippen MR) is 233 cm³/mol. The largest absolute Gasteiger partial charge is 0.308 e. The van der Waals surface area contributed by atoms with Crippen molar-refractivity contribution in [3.63, 3.8) is 0 Å². The van der Waals surface area contributed by atoms with Gasteiger partial charge in [0.05, 0.1) is 44.5 Å². The van der Waals surface area contributed by atoms with Crippen molar-refractivity contribution in [2.45, 2.75) is 6.42 Å². The summed E-state index contributed by atoms with van der Waals surface area (Å²) in [4.78, 5) is 14.5. The average Bonchev–Trinajstić information content (AvgIpc) is 3.94. The number of hydrogen-bond donors (Lipinski definition) is 0. The van der Waals surface area contributed by atoms with Crippen LogP contribution in [-0.2, 0) is 6.42 Å². The number of hydrogen-bond acceptors (Lipinski definition) is 3. The highest BCUT2D eigenvalue weighted by molar-refractivity contribution is 6.10. The lowest BCUT2D eigenvalue weighted by Gasteiger charge is -2.14. The normalized spacial score (nSPS) is 12.1. The quantitative estimate of drug-likeness (QED) is 0.177. The van der Waals surface area contributed by atoms with Gasteiger partial charge in [-0.2, -0.15) is 0 Å². The van der Waals surface area contributed by atoms with Crippen molar-refractivity contribution in [2.24, 2.45) is 0 Å². The summed E-state index contributed by atoms with van der Waals surface area (Å²) in [5.74, 6) is 0. The summed E-state index contributed by atoms with van der Waals surface area (Å²) in [6.07, 6.45) is 6.52. The van der Waals surface area contributed by atoms with Crippen molar-refractivity contribution in [1.82, 2.24) is 24.1 Å². The molecule has 57 heavy (non-hydrogen) atoms. The maximum Gasteiger partial charge on any atom is 0.0963 e. The number of aromatic nitrogens is 5. The zero-order valence-electron chi connectivity index (χ0n) is 30.8. The molecule has 5 heteroatoms. The van der Waals surface area contributed by atoms with Gasteiger partial charge in [0, 0.05) is 47.0 Å². The Bertz CT molecular complexity index is 3380. The highest BCUT2D eigenvalue weighted by Crippen LogP contribution is 2.45. The van der Waals surface area contributed by atoms with Crippen molar-refractivity contribution in [3.05, 3.63) is 200 Å². The van der Waals surface area contributed by atoms with Crippen molar-refractivity contribution < 1.29 is 0 Å². The highest BCUT2D eigenvalue weighted by Gasteiger charge is 2.25. The topological polar surface area (TPSA) is 48.5 Å². The molecule has 5 aromatic heterocycles. The minimum Gasteiger partial charge on any atom is -0.308 e. The lowest BCUT2D eigenvalue weighted by atomic mass is 9.96. The van der Waals surface area contributed by atoms with E-state index in [-0.39, 0.29) is 0 Å². The Morgan fingerprint density at radius 2 is 1.02 bits per heavy atom. The second kappa shape index (κ2) is 12.4. The van der Waals surface area contributed by atoms with Gasteiger partial charge in [-0.15, -0.1) is 0 Å². The number of pyridine rings is 3. The Kier molecular flexibility index (Phi) is 6.92. The van der Waals surface area contributed by atoms with Crippen molar-refractivity contribution in [2.75, 3.05) is 0 Å². The summed E-state index contributed by atoms with van der Waals surface area (Å²) in [6.45, 7) is 0. The molecule has 0 bridgehead atoms. The molecule has 11 aromatic rings. The minimum absolute atomic E-state index is 0.867. The summed E-state index contributed by atoms with van der Waals surface area (Å²) in [7, 11) is 0. The number of benzene rings is 6. The molecule has 266 valence electrons. The van der Waals surface area contributed by atoms with Crippen LogP contribution in [0.1, 0.15) is 11.1 Å². The minimum atomic E-state index is 0.867. The summed E-state index contributed by atoms with van der Waals surface area (Å²) in [6, 6.07) is 60.9. The van der Waals surface area contributed by atoms with Gasteiger partial charge in [0.25, 0.3) is 0 Å². The SMILES string of the molecule is c1ccc(-n2c3ccc(-c4ccc5c(c4)-c4cccc(-n6c7ccc(-c8ccccc8-c8ccccn8)cc7c7ncccc76)c4C5)cc3c3ncccc32)cc1. The van der Waals surface area contributed by atoms with Crippen LogP contribution in [0.15, 0.2) is 188 Å². The van der Waals surface area contributed by atoms with Gasteiger partial charge in [0.2, 0.25) is 0 Å². The Morgan fingerprint density at radius 1 is 0.386 bits per heavy atom. The molecule has 0 fully saturated rings. The van der Waals surface area contributed by atoms with Crippen LogP contribution >= 0.6 is 0 Å². The van der Waals surface area contributed by atoms with E-state index in [9.17, 15) is 0 Å². The van der Waals surface area contributed by atoms with E-state index in [2.05, 4.69) is 160 Å². The van der Waals surface area contributed by atoms with Crippen LogP contribution in [0.5, 0.6) is 0 Å². The third-order valence-corrected chi connectivity index (χ3v) is 11.7. The van der Waals surface area contributed by atoms with Crippen molar-refractivity contribution in [3.8, 4) is 56.0 Å². The molecule has 0 radical (unpaired) electrons. The van der Waals surface area contributed by atoms with Gasteiger partial charge >= 0.3 is 0 Å². The van der Waals surface area contributed by atoms with Gasteiger partial charge in [-0.25, -0.2) is 0 Å². The third kappa shape index (κ3) is 4.85. The van der Waals surface area contributed by atoms with Gasteiger partial charge in [-0.3, -0.25) is 15.0 Å². The molecular weight excluding hydrogens is 695 g/mol. The van der Waals surface area contributed by atoms with Crippen LogP contribution in [0.3, 0.4) is 0 Å². The van der Waals surface area contributed by atoms with Crippen LogP contribution in [-0.4, -0.2) is 24.1 Å². The highest BCUT2D eigenvalue weighted by atomic mass is 15.0. The van der Waals surface area contributed by atoms with E-state index < -0.39 is 0 Å². The van der Waals surface area contributed by atoms with Crippen LogP contribution in [0.4, 0.5) is 0 Å². The molecule has 1 aliphatic carbocycles. The maximum absolute atomic E-state index is 4.97. The van der Waals surface area contributed by atoms with Crippen LogP contribution in [0.2, 0.25) is 0 Å². The van der Waals surface area contributed by atoms with E-state index in [1.807, 2.05) is 42.9 Å². The first kappa shape index (κ1) is 31.7. The summed E-state index contributed by atoms with van der Waals surface area (Å²) in [5, 5.41) is 2.28. The molecular formula is C52H33N5. The second-order valence-electron chi connectivity index (χ2n) is 14.8. The first-order valence-electron chi connectivity index (χ1n) is 19.4. The molecule has 0 spiro atoms. The second-order valence-corrected chi connectivity index (χ2v) is 14.8. The molecule has 0 N–H and O–H groups in total. The molecule has 0 atom stereocenters. The maximum atomic E-state index is 4.97. The molecule has 1 aliphatic rings. The summed E-state index contributed by atoms with van der Waals surface area (Å²) >= 11 is 0. The number of para-hydroxylation sites is 1. The van der Waals surface area contributed by atoms with Gasteiger partial charge in [-0.05, 0) is 129 Å². The standard InChI is InChI=1S/C52H33N5/c1-2-11-37(12-3-1)56-47-24-22-34(30-43(47)51-49(56)18-9-27-54-51)33-20-21-36-31-42-39(41(36)29-33)15-8-17-46(42)57-48-25-23-35(32-44(48)52-50(57)19-10-28-55-52)38-13-4-5-14-40(38)45-16-6-7-26-53-45/h1-30,32H,31H2. The zero-order chi connectivity index (χ0) is 37.5. The molecule has 6 aromatic carbocycles. The Balaban J connectivity index is 0.977. The van der Waals surface area contributed by atoms with Gasteiger partial charge in [0.15, 0.2) is 0 Å². The van der Waals surface area contributed by atoms with Gasteiger partial charge in [0.1, 0.15) is 0 Å². The van der Waals surface area contributed by atoms with Crippen molar-refractivity contribution >= 4 is 43.9 Å². The number of rotatable bonds is 5.